The monoisotopic (exact) mass is 444 g/mol. The molecule has 0 radical (unpaired) electrons. The number of carbonyl (C=O) groups excluding carboxylic acids is 2. The molecule has 1 heterocycles. The van der Waals surface area contributed by atoms with Gasteiger partial charge in [0.05, 0.1) is 23.7 Å². The zero-order valence-corrected chi connectivity index (χ0v) is 18.6. The molecule has 33 heavy (non-hydrogen) atoms. The third-order valence-electron chi connectivity index (χ3n) is 5.42. The van der Waals surface area contributed by atoms with Crippen molar-refractivity contribution in [2.45, 2.75) is 19.8 Å². The predicted octanol–water partition coefficient (Wildman–Crippen LogP) is 5.58. The van der Waals surface area contributed by atoms with Crippen molar-refractivity contribution in [3.63, 3.8) is 0 Å². The van der Waals surface area contributed by atoms with Crippen LogP contribution in [0.3, 0.4) is 0 Å². The van der Waals surface area contributed by atoms with E-state index in [0.29, 0.717) is 35.0 Å². The van der Waals surface area contributed by atoms with Gasteiger partial charge in [0, 0.05) is 24.3 Å². The van der Waals surface area contributed by atoms with Gasteiger partial charge in [0.1, 0.15) is 5.75 Å². The van der Waals surface area contributed by atoms with Crippen LogP contribution >= 0.6 is 0 Å². The molecule has 1 saturated heterocycles. The van der Waals surface area contributed by atoms with Crippen LogP contribution in [0.25, 0.3) is 0 Å². The second-order valence-corrected chi connectivity index (χ2v) is 7.75. The number of carbonyl (C=O) groups is 2. The predicted molar refractivity (Wildman–Crippen MR) is 133 cm³/mol. The summed E-state index contributed by atoms with van der Waals surface area (Å²) in [5, 5.41) is 8.74. The molecule has 3 amide bonds. The van der Waals surface area contributed by atoms with Crippen molar-refractivity contribution < 1.29 is 14.3 Å². The SMILES string of the molecule is CCOc1ccccc1NC(=O)Nc1cc(NC(=O)c2ccccc2)ccc1N1CCCC1. The molecule has 1 aliphatic rings. The van der Waals surface area contributed by atoms with Crippen LogP contribution < -0.4 is 25.6 Å². The smallest absolute Gasteiger partial charge is 0.323 e. The molecule has 0 unspecified atom stereocenters. The number of nitrogens with zero attached hydrogens (tertiary/aromatic N) is 1. The first-order valence-corrected chi connectivity index (χ1v) is 11.2. The fourth-order valence-electron chi connectivity index (χ4n) is 3.87. The molecule has 0 aromatic heterocycles. The van der Waals surface area contributed by atoms with Crippen molar-refractivity contribution >= 4 is 34.7 Å². The van der Waals surface area contributed by atoms with Gasteiger partial charge < -0.3 is 25.6 Å². The van der Waals surface area contributed by atoms with Crippen LogP contribution in [0.5, 0.6) is 5.75 Å². The highest BCUT2D eigenvalue weighted by Gasteiger charge is 2.19. The number of anilines is 4. The van der Waals surface area contributed by atoms with Gasteiger partial charge in [0.15, 0.2) is 0 Å². The van der Waals surface area contributed by atoms with E-state index in [1.165, 1.54) is 0 Å². The number of ether oxygens (including phenoxy) is 1. The summed E-state index contributed by atoms with van der Waals surface area (Å²) >= 11 is 0. The number of rotatable bonds is 7. The molecule has 7 nitrogen and oxygen atoms in total. The van der Waals surface area contributed by atoms with E-state index >= 15 is 0 Å². The highest BCUT2D eigenvalue weighted by atomic mass is 16.5. The van der Waals surface area contributed by atoms with E-state index in [-0.39, 0.29) is 11.9 Å². The lowest BCUT2D eigenvalue weighted by Crippen LogP contribution is -2.24. The van der Waals surface area contributed by atoms with E-state index in [2.05, 4.69) is 20.9 Å². The summed E-state index contributed by atoms with van der Waals surface area (Å²) in [6, 6.07) is 21.6. The Bertz CT molecular complexity index is 1110. The van der Waals surface area contributed by atoms with Crippen molar-refractivity contribution in [3.05, 3.63) is 78.4 Å². The normalized spacial score (nSPS) is 12.8. The summed E-state index contributed by atoms with van der Waals surface area (Å²) in [6.45, 7) is 4.26. The number of nitrogens with one attached hydrogen (secondary N) is 3. The zero-order valence-electron chi connectivity index (χ0n) is 18.6. The summed E-state index contributed by atoms with van der Waals surface area (Å²) in [5.41, 5.74) is 3.33. The van der Waals surface area contributed by atoms with E-state index in [4.69, 9.17) is 4.74 Å². The molecule has 0 spiro atoms. The topological polar surface area (TPSA) is 82.7 Å². The van der Waals surface area contributed by atoms with Crippen LogP contribution in [0.1, 0.15) is 30.1 Å². The first kappa shape index (κ1) is 22.2. The van der Waals surface area contributed by atoms with Crippen molar-refractivity contribution in [2.24, 2.45) is 0 Å². The number of amides is 3. The molecular formula is C26H28N4O3. The molecule has 3 aromatic rings. The number of urea groups is 1. The van der Waals surface area contributed by atoms with Crippen LogP contribution in [-0.4, -0.2) is 31.6 Å². The summed E-state index contributed by atoms with van der Waals surface area (Å²) in [5.74, 6) is 0.407. The molecule has 170 valence electrons. The Hall–Kier alpha value is -4.00. The van der Waals surface area contributed by atoms with Crippen LogP contribution in [0.15, 0.2) is 72.8 Å². The van der Waals surface area contributed by atoms with Crippen LogP contribution in [-0.2, 0) is 0 Å². The summed E-state index contributed by atoms with van der Waals surface area (Å²) < 4.78 is 5.60. The lowest BCUT2D eigenvalue weighted by molar-refractivity contribution is 0.102. The first-order chi connectivity index (χ1) is 16.1. The van der Waals surface area contributed by atoms with E-state index in [9.17, 15) is 9.59 Å². The number of hydrogen-bond acceptors (Lipinski definition) is 4. The molecular weight excluding hydrogens is 416 g/mol. The molecule has 0 saturated carbocycles. The molecule has 0 aliphatic carbocycles. The maximum absolute atomic E-state index is 12.9. The largest absolute Gasteiger partial charge is 0.492 e. The van der Waals surface area contributed by atoms with Crippen LogP contribution in [0, 0.1) is 0 Å². The Morgan fingerprint density at radius 3 is 2.30 bits per heavy atom. The van der Waals surface area contributed by atoms with Crippen molar-refractivity contribution in [3.8, 4) is 5.75 Å². The molecule has 1 fully saturated rings. The van der Waals surface area contributed by atoms with Crippen molar-refractivity contribution in [1.82, 2.24) is 0 Å². The Morgan fingerprint density at radius 1 is 0.848 bits per heavy atom. The average molecular weight is 445 g/mol. The molecule has 1 aliphatic heterocycles. The second kappa shape index (κ2) is 10.5. The fourth-order valence-corrected chi connectivity index (χ4v) is 3.87. The summed E-state index contributed by atoms with van der Waals surface area (Å²) in [4.78, 5) is 27.7. The molecule has 7 heteroatoms. The van der Waals surface area contributed by atoms with Gasteiger partial charge in [-0.2, -0.15) is 0 Å². The second-order valence-electron chi connectivity index (χ2n) is 7.75. The third-order valence-corrected chi connectivity index (χ3v) is 5.42. The van der Waals surface area contributed by atoms with Gasteiger partial charge in [-0.25, -0.2) is 4.79 Å². The summed E-state index contributed by atoms with van der Waals surface area (Å²) in [6.07, 6.45) is 2.22. The van der Waals surface area contributed by atoms with Crippen LogP contribution in [0.2, 0.25) is 0 Å². The average Bonchev–Trinajstić information content (AvgIpc) is 3.36. The van der Waals surface area contributed by atoms with E-state index in [1.54, 1.807) is 24.3 Å². The van der Waals surface area contributed by atoms with Crippen molar-refractivity contribution in [2.75, 3.05) is 40.5 Å². The molecule has 3 N–H and O–H groups in total. The van der Waals surface area contributed by atoms with E-state index < -0.39 is 0 Å². The quantitative estimate of drug-likeness (QED) is 0.444. The molecule has 4 rings (SSSR count). The van der Waals surface area contributed by atoms with Gasteiger partial charge in [-0.1, -0.05) is 30.3 Å². The molecule has 0 atom stereocenters. The number of hydrogen-bond donors (Lipinski definition) is 3. The van der Waals surface area contributed by atoms with Gasteiger partial charge in [-0.3, -0.25) is 4.79 Å². The third kappa shape index (κ3) is 5.63. The minimum absolute atomic E-state index is 0.203. The minimum atomic E-state index is -0.380. The summed E-state index contributed by atoms with van der Waals surface area (Å²) in [7, 11) is 0. The van der Waals surface area contributed by atoms with Gasteiger partial charge in [-0.15, -0.1) is 0 Å². The number of para-hydroxylation sites is 2. The first-order valence-electron chi connectivity index (χ1n) is 11.2. The molecule has 0 bridgehead atoms. The highest BCUT2D eigenvalue weighted by molar-refractivity contribution is 6.06. The van der Waals surface area contributed by atoms with Crippen molar-refractivity contribution in [1.29, 1.82) is 0 Å². The standard InChI is InChI=1S/C26H28N4O3/c1-2-33-24-13-7-6-12-21(24)28-26(32)29-22-18-20(14-15-23(22)30-16-8-9-17-30)27-25(31)19-10-4-3-5-11-19/h3-7,10-15,18H,2,8-9,16-17H2,1H3,(H,27,31)(H2,28,29,32). The Kier molecular flexibility index (Phi) is 7.09. The van der Waals surface area contributed by atoms with Gasteiger partial charge >= 0.3 is 6.03 Å². The number of benzene rings is 3. The lowest BCUT2D eigenvalue weighted by atomic mass is 10.2. The maximum atomic E-state index is 12.9. The highest BCUT2D eigenvalue weighted by Crippen LogP contribution is 2.32. The Morgan fingerprint density at radius 2 is 1.55 bits per heavy atom. The maximum Gasteiger partial charge on any atom is 0.323 e. The van der Waals surface area contributed by atoms with Gasteiger partial charge in [0.2, 0.25) is 0 Å². The lowest BCUT2D eigenvalue weighted by Gasteiger charge is -2.23. The van der Waals surface area contributed by atoms with E-state index in [1.807, 2.05) is 55.5 Å². The minimum Gasteiger partial charge on any atom is -0.492 e. The van der Waals surface area contributed by atoms with Gasteiger partial charge in [-0.05, 0) is 62.2 Å². The zero-order chi connectivity index (χ0) is 23.0. The molecule has 3 aromatic carbocycles. The Balaban J connectivity index is 1.55. The fraction of sp³-hybridized carbons (Fsp3) is 0.231. The van der Waals surface area contributed by atoms with Crippen LogP contribution in [0.4, 0.5) is 27.5 Å². The van der Waals surface area contributed by atoms with Gasteiger partial charge in [0.25, 0.3) is 5.91 Å². The van der Waals surface area contributed by atoms with E-state index in [0.717, 1.165) is 31.6 Å². The Labute approximate surface area is 193 Å².